The van der Waals surface area contributed by atoms with Gasteiger partial charge in [0.05, 0.1) is 0 Å². The van der Waals surface area contributed by atoms with Crippen LogP contribution in [-0.2, 0) is 0 Å². The molecule has 0 radical (unpaired) electrons. The molecule has 18 heavy (non-hydrogen) atoms. The number of rotatable bonds is 12. The first kappa shape index (κ1) is 17.5. The van der Waals surface area contributed by atoms with Crippen LogP contribution in [0.1, 0.15) is 84.5 Å². The van der Waals surface area contributed by atoms with Gasteiger partial charge in [-0.25, -0.2) is 0 Å². The van der Waals surface area contributed by atoms with Gasteiger partial charge in [0.2, 0.25) is 0 Å². The van der Waals surface area contributed by atoms with E-state index in [4.69, 9.17) is 0 Å². The fourth-order valence-electron chi connectivity index (χ4n) is 2.26. The van der Waals surface area contributed by atoms with Crippen molar-refractivity contribution in [3.63, 3.8) is 0 Å². The molecule has 2 heteroatoms. The van der Waals surface area contributed by atoms with E-state index in [2.05, 4.69) is 18.9 Å². The summed E-state index contributed by atoms with van der Waals surface area (Å²) < 4.78 is 0. The van der Waals surface area contributed by atoms with E-state index in [-0.39, 0.29) is 0 Å². The molecule has 0 spiro atoms. The first-order chi connectivity index (χ1) is 8.66. The van der Waals surface area contributed by atoms with Crippen molar-refractivity contribution < 1.29 is 0 Å². The zero-order valence-corrected chi connectivity index (χ0v) is 13.2. The summed E-state index contributed by atoms with van der Waals surface area (Å²) in [7, 11) is 3.98. The van der Waals surface area contributed by atoms with Gasteiger partial charge in [-0.15, -0.1) is 0 Å². The van der Waals surface area contributed by atoms with Crippen LogP contribution in [0.2, 0.25) is 0 Å². The highest BCUT2D eigenvalue weighted by Crippen LogP contribution is 2.11. The lowest BCUT2D eigenvalue weighted by Gasteiger charge is -2.07. The molecule has 108 valence electrons. The summed E-state index contributed by atoms with van der Waals surface area (Å²) in [5, 5.41) is 6.30. The maximum atomic E-state index is 4.40. The van der Waals surface area contributed by atoms with E-state index in [9.17, 15) is 0 Å². The molecule has 0 bridgehead atoms. The van der Waals surface area contributed by atoms with Gasteiger partial charge in [-0.1, -0.05) is 64.7 Å². The molecule has 0 saturated carbocycles. The van der Waals surface area contributed by atoms with Gasteiger partial charge in [0, 0.05) is 19.8 Å². The van der Waals surface area contributed by atoms with Crippen LogP contribution in [0.15, 0.2) is 5.10 Å². The Balaban J connectivity index is 3.16. The van der Waals surface area contributed by atoms with Gasteiger partial charge in [0.1, 0.15) is 0 Å². The first-order valence-corrected chi connectivity index (χ1v) is 7.88. The van der Waals surface area contributed by atoms with E-state index in [1.165, 1.54) is 69.9 Å². The van der Waals surface area contributed by atoms with Gasteiger partial charge in [-0.3, -0.25) is 0 Å². The molecule has 0 aromatic carbocycles. The Morgan fingerprint density at radius 1 is 0.778 bits per heavy atom. The van der Waals surface area contributed by atoms with Crippen molar-refractivity contribution >= 4 is 5.71 Å². The lowest BCUT2D eigenvalue weighted by Crippen LogP contribution is -2.06. The fraction of sp³-hybridized carbons (Fsp3) is 0.938. The summed E-state index contributed by atoms with van der Waals surface area (Å²) in [4.78, 5) is 0. The molecule has 0 heterocycles. The third-order valence-electron chi connectivity index (χ3n) is 3.26. The third kappa shape index (κ3) is 13.5. The molecule has 0 rings (SSSR count). The molecule has 0 aliphatic rings. The highest BCUT2D eigenvalue weighted by Gasteiger charge is 1.95. The number of nitrogens with zero attached hydrogens (tertiary/aromatic N) is 2. The molecule has 0 fully saturated rings. The SMILES string of the molecule is CCCCCCCCCCCC/C(C)=N/N(C)C. The standard InChI is InChI=1S/C16H34N2/c1-5-6-7-8-9-10-11-12-13-14-15-16(2)17-18(3)4/h5-15H2,1-4H3/b17-16+. The van der Waals surface area contributed by atoms with Crippen molar-refractivity contribution in [1.82, 2.24) is 5.01 Å². The van der Waals surface area contributed by atoms with Crippen LogP contribution < -0.4 is 0 Å². The molecular weight excluding hydrogens is 220 g/mol. The number of unbranched alkanes of at least 4 members (excludes halogenated alkanes) is 9. The second kappa shape index (κ2) is 12.9. The van der Waals surface area contributed by atoms with Gasteiger partial charge in [-0.2, -0.15) is 5.10 Å². The Morgan fingerprint density at radius 3 is 1.67 bits per heavy atom. The second-order valence-electron chi connectivity index (χ2n) is 5.61. The third-order valence-corrected chi connectivity index (χ3v) is 3.26. The highest BCUT2D eigenvalue weighted by molar-refractivity contribution is 5.81. The molecular formula is C16H34N2. The van der Waals surface area contributed by atoms with Crippen LogP contribution >= 0.6 is 0 Å². The second-order valence-corrected chi connectivity index (χ2v) is 5.61. The van der Waals surface area contributed by atoms with Crippen LogP contribution in [0.25, 0.3) is 0 Å². The Bertz CT molecular complexity index is 197. The fourth-order valence-corrected chi connectivity index (χ4v) is 2.26. The maximum Gasteiger partial charge on any atom is 0.0349 e. The van der Waals surface area contributed by atoms with E-state index in [1.54, 1.807) is 0 Å². The number of hydrogen-bond donors (Lipinski definition) is 0. The monoisotopic (exact) mass is 254 g/mol. The molecule has 0 aromatic heterocycles. The van der Waals surface area contributed by atoms with E-state index >= 15 is 0 Å². The lowest BCUT2D eigenvalue weighted by atomic mass is 10.1. The zero-order chi connectivity index (χ0) is 13.6. The van der Waals surface area contributed by atoms with Crippen LogP contribution in [-0.4, -0.2) is 24.8 Å². The molecule has 0 amide bonds. The highest BCUT2D eigenvalue weighted by atomic mass is 15.4. The van der Waals surface area contributed by atoms with Crippen LogP contribution in [0.5, 0.6) is 0 Å². The largest absolute Gasteiger partial charge is 0.303 e. The van der Waals surface area contributed by atoms with E-state index < -0.39 is 0 Å². The van der Waals surface area contributed by atoms with E-state index in [1.807, 2.05) is 19.1 Å². The minimum Gasteiger partial charge on any atom is -0.303 e. The zero-order valence-electron chi connectivity index (χ0n) is 13.2. The molecule has 2 nitrogen and oxygen atoms in total. The summed E-state index contributed by atoms with van der Waals surface area (Å²) in [6, 6.07) is 0. The van der Waals surface area contributed by atoms with Crippen molar-refractivity contribution in [1.29, 1.82) is 0 Å². The predicted molar refractivity (Wildman–Crippen MR) is 83.3 cm³/mol. The molecule has 0 aliphatic carbocycles. The van der Waals surface area contributed by atoms with Gasteiger partial charge >= 0.3 is 0 Å². The molecule has 0 aliphatic heterocycles. The van der Waals surface area contributed by atoms with Crippen LogP contribution in [0, 0.1) is 0 Å². The maximum absolute atomic E-state index is 4.40. The predicted octanol–water partition coefficient (Wildman–Crippen LogP) is 5.23. The van der Waals surface area contributed by atoms with Crippen molar-refractivity contribution in [3.05, 3.63) is 0 Å². The quantitative estimate of drug-likeness (QED) is 0.264. The van der Waals surface area contributed by atoms with E-state index in [0.717, 1.165) is 6.42 Å². The Labute approximate surface area is 115 Å². The summed E-state index contributed by atoms with van der Waals surface area (Å²) in [6.07, 6.45) is 15.2. The summed E-state index contributed by atoms with van der Waals surface area (Å²) >= 11 is 0. The van der Waals surface area contributed by atoms with Crippen molar-refractivity contribution in [2.75, 3.05) is 14.1 Å². The Hall–Kier alpha value is -0.530. The van der Waals surface area contributed by atoms with Crippen LogP contribution in [0.4, 0.5) is 0 Å². The minimum atomic E-state index is 1.16. The van der Waals surface area contributed by atoms with Crippen molar-refractivity contribution in [2.45, 2.75) is 84.5 Å². The van der Waals surface area contributed by atoms with Crippen molar-refractivity contribution in [3.8, 4) is 0 Å². The minimum absolute atomic E-state index is 1.16. The van der Waals surface area contributed by atoms with Gasteiger partial charge in [0.25, 0.3) is 0 Å². The molecule has 0 unspecified atom stereocenters. The number of hydrazone groups is 1. The molecule has 0 saturated heterocycles. The van der Waals surface area contributed by atoms with Gasteiger partial charge in [-0.05, 0) is 19.8 Å². The van der Waals surface area contributed by atoms with E-state index in [0.29, 0.717) is 0 Å². The topological polar surface area (TPSA) is 15.6 Å². The molecule has 0 N–H and O–H groups in total. The first-order valence-electron chi connectivity index (χ1n) is 7.88. The molecule has 0 aromatic rings. The Morgan fingerprint density at radius 2 is 1.22 bits per heavy atom. The average molecular weight is 254 g/mol. The normalized spacial score (nSPS) is 11.9. The average Bonchev–Trinajstić information content (AvgIpc) is 2.30. The van der Waals surface area contributed by atoms with Gasteiger partial charge < -0.3 is 5.01 Å². The van der Waals surface area contributed by atoms with Crippen LogP contribution in [0.3, 0.4) is 0 Å². The van der Waals surface area contributed by atoms with Crippen molar-refractivity contribution in [2.24, 2.45) is 5.10 Å². The summed E-state index contributed by atoms with van der Waals surface area (Å²) in [5.74, 6) is 0. The number of hydrogen-bond acceptors (Lipinski definition) is 2. The lowest BCUT2D eigenvalue weighted by molar-refractivity contribution is 0.435. The summed E-state index contributed by atoms with van der Waals surface area (Å²) in [5.41, 5.74) is 1.26. The smallest absolute Gasteiger partial charge is 0.0349 e. The van der Waals surface area contributed by atoms with Gasteiger partial charge in [0.15, 0.2) is 0 Å². The Kier molecular flexibility index (Phi) is 12.5. The molecule has 0 atom stereocenters. The summed E-state index contributed by atoms with van der Waals surface area (Å²) in [6.45, 7) is 4.41.